The summed E-state index contributed by atoms with van der Waals surface area (Å²) < 4.78 is 0. The van der Waals surface area contributed by atoms with E-state index in [1.165, 1.54) is 11.1 Å². The summed E-state index contributed by atoms with van der Waals surface area (Å²) in [6.07, 6.45) is 3.21. The zero-order chi connectivity index (χ0) is 13.0. The van der Waals surface area contributed by atoms with Crippen LogP contribution in [0, 0.1) is 13.8 Å². The van der Waals surface area contributed by atoms with Gasteiger partial charge in [0.05, 0.1) is 5.69 Å². The fourth-order valence-electron chi connectivity index (χ4n) is 1.92. The summed E-state index contributed by atoms with van der Waals surface area (Å²) in [7, 11) is 0. The second kappa shape index (κ2) is 5.74. The Labute approximate surface area is 108 Å². The largest absolute Gasteiger partial charge is 0.396 e. The molecule has 94 valence electrons. The lowest BCUT2D eigenvalue weighted by atomic mass is 10.0. The van der Waals surface area contributed by atoms with E-state index < -0.39 is 0 Å². The van der Waals surface area contributed by atoms with Crippen molar-refractivity contribution in [2.24, 2.45) is 0 Å². The van der Waals surface area contributed by atoms with Crippen LogP contribution in [-0.4, -0.2) is 21.7 Å². The summed E-state index contributed by atoms with van der Waals surface area (Å²) in [5, 5.41) is 8.84. The van der Waals surface area contributed by atoms with Gasteiger partial charge in [-0.3, -0.25) is 0 Å². The van der Waals surface area contributed by atoms with Gasteiger partial charge < -0.3 is 5.11 Å². The van der Waals surface area contributed by atoms with E-state index in [2.05, 4.69) is 42.0 Å². The van der Waals surface area contributed by atoms with E-state index in [1.54, 1.807) is 6.20 Å². The number of hydrogen-bond donors (Lipinski definition) is 1. The molecule has 0 aliphatic rings. The van der Waals surface area contributed by atoms with Gasteiger partial charge in [0, 0.05) is 24.8 Å². The molecule has 0 atom stereocenters. The Morgan fingerprint density at radius 1 is 1.17 bits per heavy atom. The molecule has 2 aromatic rings. The van der Waals surface area contributed by atoms with Crippen LogP contribution in [0.25, 0.3) is 11.3 Å². The van der Waals surface area contributed by atoms with Crippen LogP contribution in [0.4, 0.5) is 0 Å². The lowest BCUT2D eigenvalue weighted by Gasteiger charge is -2.07. The zero-order valence-corrected chi connectivity index (χ0v) is 10.8. The predicted molar refractivity (Wildman–Crippen MR) is 72.3 cm³/mol. The first kappa shape index (κ1) is 12.7. The monoisotopic (exact) mass is 242 g/mol. The zero-order valence-electron chi connectivity index (χ0n) is 10.8. The molecular formula is C15H18N2O. The third-order valence-corrected chi connectivity index (χ3v) is 2.93. The minimum absolute atomic E-state index is 0.178. The standard InChI is InChI=1S/C15H18N2O/c1-11-5-6-12(2)13(10-11)14-7-8-16-15(17-14)4-3-9-18/h5-8,10,18H,3-4,9H2,1-2H3. The third kappa shape index (κ3) is 2.93. The average molecular weight is 242 g/mol. The molecular weight excluding hydrogens is 224 g/mol. The molecule has 1 N–H and O–H groups in total. The van der Waals surface area contributed by atoms with Crippen molar-refractivity contribution in [2.45, 2.75) is 26.7 Å². The highest BCUT2D eigenvalue weighted by atomic mass is 16.2. The van der Waals surface area contributed by atoms with Gasteiger partial charge in [0.2, 0.25) is 0 Å². The number of aliphatic hydroxyl groups is 1. The van der Waals surface area contributed by atoms with Crippen LogP contribution in [0.3, 0.4) is 0 Å². The molecule has 1 aromatic heterocycles. The highest BCUT2D eigenvalue weighted by Gasteiger charge is 2.05. The van der Waals surface area contributed by atoms with Crippen LogP contribution >= 0.6 is 0 Å². The van der Waals surface area contributed by atoms with Crippen LogP contribution in [0.5, 0.6) is 0 Å². The van der Waals surface area contributed by atoms with E-state index in [-0.39, 0.29) is 6.61 Å². The molecule has 1 heterocycles. The Bertz CT molecular complexity index is 538. The first-order valence-corrected chi connectivity index (χ1v) is 6.21. The quantitative estimate of drug-likeness (QED) is 0.896. The molecule has 2 rings (SSSR count). The number of benzene rings is 1. The third-order valence-electron chi connectivity index (χ3n) is 2.93. The van der Waals surface area contributed by atoms with E-state index in [0.717, 1.165) is 23.5 Å². The normalized spacial score (nSPS) is 10.6. The molecule has 1 aromatic carbocycles. The molecule has 18 heavy (non-hydrogen) atoms. The van der Waals surface area contributed by atoms with Gasteiger partial charge in [-0.15, -0.1) is 0 Å². The maximum absolute atomic E-state index is 8.84. The van der Waals surface area contributed by atoms with E-state index in [0.29, 0.717) is 6.42 Å². The van der Waals surface area contributed by atoms with Gasteiger partial charge in [-0.05, 0) is 38.0 Å². The van der Waals surface area contributed by atoms with Gasteiger partial charge in [0.1, 0.15) is 5.82 Å². The molecule has 0 saturated carbocycles. The highest BCUT2D eigenvalue weighted by molar-refractivity contribution is 5.63. The van der Waals surface area contributed by atoms with Crippen LogP contribution < -0.4 is 0 Å². The fraction of sp³-hybridized carbons (Fsp3) is 0.333. The van der Waals surface area contributed by atoms with Gasteiger partial charge in [-0.2, -0.15) is 0 Å². The van der Waals surface area contributed by atoms with Crippen molar-refractivity contribution in [2.75, 3.05) is 6.61 Å². The maximum atomic E-state index is 8.84. The molecule has 0 radical (unpaired) electrons. The van der Waals surface area contributed by atoms with Crippen LogP contribution in [-0.2, 0) is 6.42 Å². The molecule has 0 fully saturated rings. The molecule has 3 heteroatoms. The second-order valence-electron chi connectivity index (χ2n) is 4.50. The lowest BCUT2D eigenvalue weighted by Crippen LogP contribution is -1.99. The number of aliphatic hydroxyl groups excluding tert-OH is 1. The molecule has 0 bridgehead atoms. The number of aryl methyl sites for hydroxylation is 3. The Kier molecular flexibility index (Phi) is 4.05. The minimum Gasteiger partial charge on any atom is -0.396 e. The number of hydrogen-bond acceptors (Lipinski definition) is 3. The van der Waals surface area contributed by atoms with Gasteiger partial charge in [-0.1, -0.05) is 17.7 Å². The Hall–Kier alpha value is -1.74. The number of rotatable bonds is 4. The predicted octanol–water partition coefficient (Wildman–Crippen LogP) is 2.69. The summed E-state index contributed by atoms with van der Waals surface area (Å²) in [4.78, 5) is 8.79. The molecule has 3 nitrogen and oxygen atoms in total. The minimum atomic E-state index is 0.178. The van der Waals surface area contributed by atoms with Crippen LogP contribution in [0.15, 0.2) is 30.5 Å². The van der Waals surface area contributed by atoms with Gasteiger partial charge in [-0.25, -0.2) is 9.97 Å². The second-order valence-corrected chi connectivity index (χ2v) is 4.50. The van der Waals surface area contributed by atoms with Crippen molar-refractivity contribution in [3.8, 4) is 11.3 Å². The van der Waals surface area contributed by atoms with Gasteiger partial charge >= 0.3 is 0 Å². The van der Waals surface area contributed by atoms with Crippen molar-refractivity contribution in [3.63, 3.8) is 0 Å². The van der Waals surface area contributed by atoms with Crippen molar-refractivity contribution in [1.82, 2.24) is 9.97 Å². The van der Waals surface area contributed by atoms with Gasteiger partial charge in [0.15, 0.2) is 0 Å². The average Bonchev–Trinajstić information content (AvgIpc) is 2.39. The van der Waals surface area contributed by atoms with E-state index >= 15 is 0 Å². The summed E-state index contributed by atoms with van der Waals surface area (Å²) in [6.45, 7) is 4.35. The molecule has 0 unspecified atom stereocenters. The summed E-state index contributed by atoms with van der Waals surface area (Å²) in [5.41, 5.74) is 4.56. The topological polar surface area (TPSA) is 46.0 Å². The SMILES string of the molecule is Cc1ccc(C)c(-c2ccnc(CCCO)n2)c1. The molecule has 0 aliphatic heterocycles. The molecule has 0 amide bonds. The van der Waals surface area contributed by atoms with Gasteiger partial charge in [0.25, 0.3) is 0 Å². The van der Waals surface area contributed by atoms with Crippen molar-refractivity contribution in [1.29, 1.82) is 0 Å². The van der Waals surface area contributed by atoms with Crippen LogP contribution in [0.2, 0.25) is 0 Å². The van der Waals surface area contributed by atoms with E-state index in [4.69, 9.17) is 5.11 Å². The van der Waals surface area contributed by atoms with Crippen molar-refractivity contribution >= 4 is 0 Å². The molecule has 0 spiro atoms. The first-order valence-electron chi connectivity index (χ1n) is 6.21. The van der Waals surface area contributed by atoms with E-state index in [9.17, 15) is 0 Å². The van der Waals surface area contributed by atoms with E-state index in [1.807, 2.05) is 6.07 Å². The Morgan fingerprint density at radius 3 is 2.78 bits per heavy atom. The summed E-state index contributed by atoms with van der Waals surface area (Å²) >= 11 is 0. The van der Waals surface area contributed by atoms with Crippen molar-refractivity contribution < 1.29 is 5.11 Å². The highest BCUT2D eigenvalue weighted by Crippen LogP contribution is 2.22. The summed E-state index contributed by atoms with van der Waals surface area (Å²) in [6, 6.07) is 8.30. The molecule has 0 aliphatic carbocycles. The van der Waals surface area contributed by atoms with Crippen molar-refractivity contribution in [3.05, 3.63) is 47.4 Å². The number of nitrogens with zero attached hydrogens (tertiary/aromatic N) is 2. The maximum Gasteiger partial charge on any atom is 0.129 e. The fourth-order valence-corrected chi connectivity index (χ4v) is 1.92. The number of aromatic nitrogens is 2. The lowest BCUT2D eigenvalue weighted by molar-refractivity contribution is 0.287. The first-order chi connectivity index (χ1) is 8.70. The van der Waals surface area contributed by atoms with Crippen LogP contribution in [0.1, 0.15) is 23.4 Å². The molecule has 0 saturated heterocycles. The smallest absolute Gasteiger partial charge is 0.129 e. The summed E-state index contributed by atoms with van der Waals surface area (Å²) in [5.74, 6) is 0.794. The Morgan fingerprint density at radius 2 is 2.00 bits per heavy atom. The Balaban J connectivity index is 2.35.